The lowest BCUT2D eigenvalue weighted by atomic mass is 9.94. The monoisotopic (exact) mass is 290 g/mol. The van der Waals surface area contributed by atoms with Gasteiger partial charge in [-0.3, -0.25) is 0 Å². The summed E-state index contributed by atoms with van der Waals surface area (Å²) in [6.07, 6.45) is 5.33. The smallest absolute Gasteiger partial charge is 0.00256 e. The van der Waals surface area contributed by atoms with E-state index in [0.29, 0.717) is 0 Å². The van der Waals surface area contributed by atoms with E-state index in [1.54, 1.807) is 0 Å². The van der Waals surface area contributed by atoms with Crippen molar-refractivity contribution in [3.63, 3.8) is 0 Å². The number of hydrogen-bond acceptors (Lipinski definition) is 0. The van der Waals surface area contributed by atoms with Gasteiger partial charge in [0, 0.05) is 0 Å². The van der Waals surface area contributed by atoms with Crippen molar-refractivity contribution in [2.24, 2.45) is 5.41 Å². The molecule has 0 aliphatic carbocycles. The summed E-state index contributed by atoms with van der Waals surface area (Å²) >= 11 is 0. The lowest BCUT2D eigenvalue weighted by molar-refractivity contribution is 0.547. The molecule has 22 heavy (non-hydrogen) atoms. The predicted octanol–water partition coefficient (Wildman–Crippen LogP) is 6.31. The average Bonchev–Trinajstić information content (AvgIpc) is 2.45. The molecule has 0 aromatic heterocycles. The number of rotatable bonds is 4. The van der Waals surface area contributed by atoms with Crippen molar-refractivity contribution in [3.05, 3.63) is 83.4 Å². The lowest BCUT2D eigenvalue weighted by Gasteiger charge is -2.11. The van der Waals surface area contributed by atoms with Crippen LogP contribution in [0.4, 0.5) is 0 Å². The molecule has 0 heteroatoms. The molecule has 0 N–H and O–H groups in total. The molecule has 0 heterocycles. The molecule has 0 fully saturated rings. The van der Waals surface area contributed by atoms with Crippen LogP contribution in [0.1, 0.15) is 43.0 Å². The Balaban J connectivity index is 2.07. The summed E-state index contributed by atoms with van der Waals surface area (Å²) in [5.74, 6) is 0. The number of hydrogen-bond donors (Lipinski definition) is 0. The van der Waals surface area contributed by atoms with Gasteiger partial charge in [0.05, 0.1) is 0 Å². The first kappa shape index (κ1) is 16.3. The van der Waals surface area contributed by atoms with Gasteiger partial charge in [0.25, 0.3) is 0 Å². The molecule has 0 atom stereocenters. The minimum atomic E-state index is 0.216. The van der Waals surface area contributed by atoms with Crippen LogP contribution in [0.3, 0.4) is 0 Å². The molecule has 0 bridgehead atoms. The van der Waals surface area contributed by atoms with E-state index in [9.17, 15) is 0 Å². The van der Waals surface area contributed by atoms with Crippen LogP contribution >= 0.6 is 0 Å². The van der Waals surface area contributed by atoms with Gasteiger partial charge in [0.15, 0.2) is 0 Å². The second-order valence-corrected chi connectivity index (χ2v) is 7.09. The molecule has 0 nitrogen and oxygen atoms in total. The largest absolute Gasteiger partial charge is 0.0949 e. The number of aryl methyl sites for hydroxylation is 1. The Hall–Kier alpha value is -2.08. The zero-order valence-corrected chi connectivity index (χ0v) is 14.2. The molecule has 2 aromatic rings. The van der Waals surface area contributed by atoms with Crippen molar-refractivity contribution in [3.8, 4) is 0 Å². The van der Waals surface area contributed by atoms with Crippen molar-refractivity contribution in [2.45, 2.75) is 34.1 Å². The minimum absolute atomic E-state index is 0.216. The first-order valence-corrected chi connectivity index (χ1v) is 7.86. The van der Waals surface area contributed by atoms with Crippen molar-refractivity contribution in [1.29, 1.82) is 0 Å². The van der Waals surface area contributed by atoms with Crippen molar-refractivity contribution in [1.82, 2.24) is 0 Å². The third-order valence-corrected chi connectivity index (χ3v) is 3.59. The van der Waals surface area contributed by atoms with Gasteiger partial charge in [-0.15, -0.1) is 0 Å². The molecule has 0 spiro atoms. The van der Waals surface area contributed by atoms with Gasteiger partial charge >= 0.3 is 0 Å². The standard InChI is InChI=1S/C22H26/c1-17-7-6-8-20(15-17)16-18(2)21-11-9-19(10-12-21)13-14-22(3,4)5/h6-15H,2,16H2,1,3-5H3/b14-13+. The third-order valence-electron chi connectivity index (χ3n) is 3.59. The van der Waals surface area contributed by atoms with E-state index in [1.807, 2.05) is 0 Å². The lowest BCUT2D eigenvalue weighted by Crippen LogP contribution is -1.98. The summed E-state index contributed by atoms with van der Waals surface area (Å²) < 4.78 is 0. The molecule has 2 rings (SSSR count). The van der Waals surface area contributed by atoms with Crippen LogP contribution in [0.15, 0.2) is 61.2 Å². The van der Waals surface area contributed by atoms with E-state index in [4.69, 9.17) is 0 Å². The topological polar surface area (TPSA) is 0 Å². The zero-order valence-electron chi connectivity index (χ0n) is 14.2. The fraction of sp³-hybridized carbons (Fsp3) is 0.273. The second kappa shape index (κ2) is 6.79. The number of benzene rings is 2. The average molecular weight is 290 g/mol. The second-order valence-electron chi connectivity index (χ2n) is 7.09. The van der Waals surface area contributed by atoms with E-state index < -0.39 is 0 Å². The molecule has 0 amide bonds. The third kappa shape index (κ3) is 5.04. The Morgan fingerprint density at radius 2 is 1.73 bits per heavy atom. The van der Waals surface area contributed by atoms with E-state index in [2.05, 4.69) is 95.0 Å². The van der Waals surface area contributed by atoms with E-state index in [0.717, 1.165) is 12.0 Å². The first-order chi connectivity index (χ1) is 10.3. The Morgan fingerprint density at radius 1 is 1.05 bits per heavy atom. The van der Waals surface area contributed by atoms with Gasteiger partial charge in [-0.25, -0.2) is 0 Å². The fourth-order valence-electron chi connectivity index (χ4n) is 2.35. The summed E-state index contributed by atoms with van der Waals surface area (Å²) in [7, 11) is 0. The molecule has 0 saturated heterocycles. The Bertz CT molecular complexity index is 664. The van der Waals surface area contributed by atoms with E-state index in [1.165, 1.54) is 22.3 Å². The molecule has 0 unspecified atom stereocenters. The highest BCUT2D eigenvalue weighted by Crippen LogP contribution is 2.21. The highest BCUT2D eigenvalue weighted by molar-refractivity contribution is 5.67. The Morgan fingerprint density at radius 3 is 2.32 bits per heavy atom. The quantitative estimate of drug-likeness (QED) is 0.619. The SMILES string of the molecule is C=C(Cc1cccc(C)c1)c1ccc(/C=C/C(C)(C)C)cc1. The molecule has 0 aliphatic rings. The summed E-state index contributed by atoms with van der Waals surface area (Å²) in [6, 6.07) is 17.3. The van der Waals surface area contributed by atoms with E-state index in [-0.39, 0.29) is 5.41 Å². The van der Waals surface area contributed by atoms with Gasteiger partial charge in [-0.05, 0) is 41.0 Å². The van der Waals surface area contributed by atoms with Crippen molar-refractivity contribution in [2.75, 3.05) is 0 Å². The Labute approximate surface area is 135 Å². The molecule has 2 aromatic carbocycles. The van der Waals surface area contributed by atoms with Crippen molar-refractivity contribution >= 4 is 11.6 Å². The van der Waals surface area contributed by atoms with Crippen LogP contribution in [0.25, 0.3) is 11.6 Å². The zero-order chi connectivity index (χ0) is 16.2. The van der Waals surface area contributed by atoms with Crippen LogP contribution in [-0.4, -0.2) is 0 Å². The normalized spacial score (nSPS) is 11.8. The van der Waals surface area contributed by atoms with E-state index >= 15 is 0 Å². The highest BCUT2D eigenvalue weighted by Gasteiger charge is 2.04. The molecular weight excluding hydrogens is 264 g/mol. The van der Waals surface area contributed by atoms with Crippen molar-refractivity contribution < 1.29 is 0 Å². The summed E-state index contributed by atoms with van der Waals surface area (Å²) in [6.45, 7) is 13.0. The summed E-state index contributed by atoms with van der Waals surface area (Å²) in [5, 5.41) is 0. The maximum atomic E-state index is 4.25. The summed E-state index contributed by atoms with van der Waals surface area (Å²) in [4.78, 5) is 0. The maximum absolute atomic E-state index is 4.25. The highest BCUT2D eigenvalue weighted by atomic mass is 14.1. The maximum Gasteiger partial charge on any atom is -0.00256 e. The van der Waals surface area contributed by atoms with Gasteiger partial charge in [-0.1, -0.05) is 93.6 Å². The van der Waals surface area contributed by atoms with Crippen LogP contribution in [0.5, 0.6) is 0 Å². The fourth-order valence-corrected chi connectivity index (χ4v) is 2.35. The predicted molar refractivity (Wildman–Crippen MR) is 98.8 cm³/mol. The Kier molecular flexibility index (Phi) is 5.03. The first-order valence-electron chi connectivity index (χ1n) is 7.86. The van der Waals surface area contributed by atoms with Crippen LogP contribution in [-0.2, 0) is 6.42 Å². The minimum Gasteiger partial charge on any atom is -0.0949 e. The van der Waals surface area contributed by atoms with Gasteiger partial charge in [-0.2, -0.15) is 0 Å². The molecule has 0 radical (unpaired) electrons. The molecule has 114 valence electrons. The molecule has 0 saturated carbocycles. The van der Waals surface area contributed by atoms with Crippen LogP contribution in [0.2, 0.25) is 0 Å². The summed E-state index contributed by atoms with van der Waals surface area (Å²) in [5.41, 5.74) is 6.45. The van der Waals surface area contributed by atoms with Gasteiger partial charge < -0.3 is 0 Å². The number of allylic oxidation sites excluding steroid dienone is 2. The van der Waals surface area contributed by atoms with Gasteiger partial charge in [0.1, 0.15) is 0 Å². The molecule has 0 aliphatic heterocycles. The van der Waals surface area contributed by atoms with Crippen LogP contribution in [0, 0.1) is 12.3 Å². The van der Waals surface area contributed by atoms with Gasteiger partial charge in [0.2, 0.25) is 0 Å². The molecular formula is C22H26. The van der Waals surface area contributed by atoms with Crippen LogP contribution < -0.4 is 0 Å².